The predicted octanol–water partition coefficient (Wildman–Crippen LogP) is 0.529. The third-order valence-electron chi connectivity index (χ3n) is 3.28. The van der Waals surface area contributed by atoms with Crippen molar-refractivity contribution in [2.45, 2.75) is 32.4 Å². The number of carbonyl (C=O) groups is 2. The lowest BCUT2D eigenvalue weighted by Crippen LogP contribution is -2.52. The van der Waals surface area contributed by atoms with Gasteiger partial charge in [0.05, 0.1) is 25.3 Å². The van der Waals surface area contributed by atoms with Gasteiger partial charge in [-0.15, -0.1) is 6.42 Å². The van der Waals surface area contributed by atoms with Crippen LogP contribution in [0.15, 0.2) is 0 Å². The van der Waals surface area contributed by atoms with Crippen molar-refractivity contribution in [2.24, 2.45) is 5.92 Å². The molecule has 3 atom stereocenters. The van der Waals surface area contributed by atoms with Gasteiger partial charge in [0.1, 0.15) is 5.92 Å². The van der Waals surface area contributed by atoms with Crippen LogP contribution in [-0.4, -0.2) is 53.8 Å². The summed E-state index contributed by atoms with van der Waals surface area (Å²) in [5.74, 6) is 0.850. The predicted molar refractivity (Wildman–Crippen MR) is 69.6 cm³/mol. The SMILES string of the molecule is C#CC(CC)NC(=O)N(CC)C1COCC1C(=O)O. The molecule has 1 saturated heterocycles. The first-order valence-electron chi connectivity index (χ1n) is 6.38. The van der Waals surface area contributed by atoms with Crippen molar-refractivity contribution < 1.29 is 19.4 Å². The average Bonchev–Trinajstić information content (AvgIpc) is 2.86. The number of amides is 2. The van der Waals surface area contributed by atoms with Gasteiger partial charge in [-0.2, -0.15) is 0 Å². The van der Waals surface area contributed by atoms with Crippen LogP contribution in [0, 0.1) is 18.3 Å². The zero-order valence-corrected chi connectivity index (χ0v) is 11.3. The van der Waals surface area contributed by atoms with E-state index < -0.39 is 17.9 Å². The molecule has 1 fully saturated rings. The highest BCUT2D eigenvalue weighted by atomic mass is 16.5. The molecule has 0 aromatic heterocycles. The summed E-state index contributed by atoms with van der Waals surface area (Å²) in [6, 6.07) is -1.13. The van der Waals surface area contributed by atoms with E-state index in [4.69, 9.17) is 16.3 Å². The number of ether oxygens (including phenoxy) is 1. The van der Waals surface area contributed by atoms with Gasteiger partial charge in [0.25, 0.3) is 0 Å². The minimum Gasteiger partial charge on any atom is -0.481 e. The van der Waals surface area contributed by atoms with Crippen molar-refractivity contribution in [3.8, 4) is 12.3 Å². The van der Waals surface area contributed by atoms with Crippen LogP contribution in [0.4, 0.5) is 4.79 Å². The largest absolute Gasteiger partial charge is 0.481 e. The van der Waals surface area contributed by atoms with E-state index in [0.717, 1.165) is 0 Å². The highest BCUT2D eigenvalue weighted by Crippen LogP contribution is 2.20. The number of terminal acetylenes is 1. The molecule has 6 nitrogen and oxygen atoms in total. The molecule has 2 N–H and O–H groups in total. The van der Waals surface area contributed by atoms with Crippen LogP contribution in [-0.2, 0) is 9.53 Å². The average molecular weight is 268 g/mol. The second kappa shape index (κ2) is 7.00. The summed E-state index contributed by atoms with van der Waals surface area (Å²) in [5.41, 5.74) is 0. The Bertz CT molecular complexity index is 377. The summed E-state index contributed by atoms with van der Waals surface area (Å²) < 4.78 is 5.18. The molecule has 1 heterocycles. The molecular weight excluding hydrogens is 248 g/mol. The van der Waals surface area contributed by atoms with Crippen LogP contribution in [0.3, 0.4) is 0 Å². The number of nitrogens with one attached hydrogen (secondary N) is 1. The molecular formula is C13H20N2O4. The van der Waals surface area contributed by atoms with Gasteiger partial charge in [-0.1, -0.05) is 12.8 Å². The second-order valence-corrected chi connectivity index (χ2v) is 4.41. The summed E-state index contributed by atoms with van der Waals surface area (Å²) in [4.78, 5) is 24.7. The fourth-order valence-electron chi connectivity index (χ4n) is 2.11. The van der Waals surface area contributed by atoms with E-state index in [1.54, 1.807) is 6.92 Å². The zero-order chi connectivity index (χ0) is 14.4. The van der Waals surface area contributed by atoms with Crippen LogP contribution in [0.5, 0.6) is 0 Å². The molecule has 3 unspecified atom stereocenters. The van der Waals surface area contributed by atoms with Gasteiger partial charge in [-0.25, -0.2) is 4.79 Å². The van der Waals surface area contributed by atoms with Crippen molar-refractivity contribution in [3.05, 3.63) is 0 Å². The summed E-state index contributed by atoms with van der Waals surface area (Å²) in [7, 11) is 0. The smallest absolute Gasteiger partial charge is 0.318 e. The molecule has 0 saturated carbocycles. The molecule has 19 heavy (non-hydrogen) atoms. The molecule has 106 valence electrons. The Morgan fingerprint density at radius 3 is 2.68 bits per heavy atom. The highest BCUT2D eigenvalue weighted by molar-refractivity contribution is 5.77. The van der Waals surface area contributed by atoms with Gasteiger partial charge >= 0.3 is 12.0 Å². The van der Waals surface area contributed by atoms with Gasteiger partial charge in [0.15, 0.2) is 0 Å². The molecule has 0 radical (unpaired) electrons. The number of carboxylic acids is 1. The van der Waals surface area contributed by atoms with Crippen LogP contribution in [0.25, 0.3) is 0 Å². The summed E-state index contributed by atoms with van der Waals surface area (Å²) in [5, 5.41) is 11.8. The van der Waals surface area contributed by atoms with Gasteiger partial charge in [-0.05, 0) is 13.3 Å². The van der Waals surface area contributed by atoms with E-state index in [9.17, 15) is 9.59 Å². The van der Waals surface area contributed by atoms with Crippen LogP contribution < -0.4 is 5.32 Å². The first-order chi connectivity index (χ1) is 9.04. The lowest BCUT2D eigenvalue weighted by Gasteiger charge is -2.30. The molecule has 0 aromatic carbocycles. The number of hydrogen-bond acceptors (Lipinski definition) is 3. The normalized spacial score (nSPS) is 23.4. The molecule has 6 heteroatoms. The van der Waals surface area contributed by atoms with E-state index in [0.29, 0.717) is 13.0 Å². The molecule has 0 aromatic rings. The standard InChI is InChI=1S/C13H20N2O4/c1-4-9(5-2)14-13(18)15(6-3)11-8-19-7-10(11)12(16)17/h1,9-11H,5-8H2,2-3H3,(H,14,18)(H,16,17). The monoisotopic (exact) mass is 268 g/mol. The van der Waals surface area contributed by atoms with E-state index in [-0.39, 0.29) is 25.3 Å². The Kier molecular flexibility index (Phi) is 5.64. The number of carbonyl (C=O) groups excluding carboxylic acids is 1. The molecule has 1 aliphatic heterocycles. The van der Waals surface area contributed by atoms with Crippen molar-refractivity contribution in [1.29, 1.82) is 0 Å². The molecule has 0 spiro atoms. The maximum Gasteiger partial charge on any atom is 0.318 e. The number of urea groups is 1. The summed E-state index contributed by atoms with van der Waals surface area (Å²) >= 11 is 0. The van der Waals surface area contributed by atoms with Crippen molar-refractivity contribution >= 4 is 12.0 Å². The van der Waals surface area contributed by atoms with E-state index in [1.165, 1.54) is 4.90 Å². The van der Waals surface area contributed by atoms with Gasteiger partial charge < -0.3 is 20.1 Å². The number of hydrogen-bond donors (Lipinski definition) is 2. The molecule has 0 aliphatic carbocycles. The first kappa shape index (κ1) is 15.3. The van der Waals surface area contributed by atoms with Crippen LogP contribution >= 0.6 is 0 Å². The number of carboxylic acid groups (broad SMARTS) is 1. The maximum atomic E-state index is 12.1. The Hall–Kier alpha value is -1.74. The fourth-order valence-corrected chi connectivity index (χ4v) is 2.11. The van der Waals surface area contributed by atoms with E-state index in [2.05, 4.69) is 11.2 Å². The molecule has 2 amide bonds. The topological polar surface area (TPSA) is 78.9 Å². The first-order valence-corrected chi connectivity index (χ1v) is 6.38. The van der Waals surface area contributed by atoms with Gasteiger partial charge in [-0.3, -0.25) is 4.79 Å². The highest BCUT2D eigenvalue weighted by Gasteiger charge is 2.39. The van der Waals surface area contributed by atoms with E-state index >= 15 is 0 Å². The molecule has 1 aliphatic rings. The Morgan fingerprint density at radius 1 is 1.53 bits per heavy atom. The number of nitrogens with zero attached hydrogens (tertiary/aromatic N) is 1. The van der Waals surface area contributed by atoms with Crippen molar-refractivity contribution in [3.63, 3.8) is 0 Å². The number of aliphatic carboxylic acids is 1. The second-order valence-electron chi connectivity index (χ2n) is 4.41. The van der Waals surface area contributed by atoms with Crippen molar-refractivity contribution in [2.75, 3.05) is 19.8 Å². The Balaban J connectivity index is 2.74. The van der Waals surface area contributed by atoms with Crippen molar-refractivity contribution in [1.82, 2.24) is 10.2 Å². The Labute approximate surface area is 113 Å². The summed E-state index contributed by atoms with van der Waals surface area (Å²) in [6.07, 6.45) is 5.93. The summed E-state index contributed by atoms with van der Waals surface area (Å²) in [6.45, 7) is 4.46. The lowest BCUT2D eigenvalue weighted by atomic mass is 10.0. The number of rotatable bonds is 5. The molecule has 1 rings (SSSR count). The number of likely N-dealkylation sites (N-methyl/N-ethyl adjacent to an activating group) is 1. The Morgan fingerprint density at radius 2 is 2.21 bits per heavy atom. The van der Waals surface area contributed by atoms with Crippen LogP contribution in [0.1, 0.15) is 20.3 Å². The quantitative estimate of drug-likeness (QED) is 0.713. The minimum atomic E-state index is -0.947. The minimum absolute atomic E-state index is 0.135. The van der Waals surface area contributed by atoms with E-state index in [1.807, 2.05) is 6.92 Å². The van der Waals surface area contributed by atoms with Gasteiger partial charge in [0, 0.05) is 6.54 Å². The fraction of sp³-hybridized carbons (Fsp3) is 0.692. The van der Waals surface area contributed by atoms with Crippen LogP contribution in [0.2, 0.25) is 0 Å². The zero-order valence-electron chi connectivity index (χ0n) is 11.3. The third-order valence-corrected chi connectivity index (χ3v) is 3.28. The molecule has 0 bridgehead atoms. The van der Waals surface area contributed by atoms with Gasteiger partial charge in [0.2, 0.25) is 0 Å². The third kappa shape index (κ3) is 3.61. The maximum absolute atomic E-state index is 12.1. The lowest BCUT2D eigenvalue weighted by molar-refractivity contribution is -0.142.